The van der Waals surface area contributed by atoms with Gasteiger partial charge in [-0.15, -0.1) is 5.10 Å². The lowest BCUT2D eigenvalue weighted by atomic mass is 10.1. The second-order valence-electron chi connectivity index (χ2n) is 5.65. The molecule has 11 nitrogen and oxygen atoms in total. The molecule has 0 fully saturated rings. The number of carbonyl (C=O) groups is 3. The summed E-state index contributed by atoms with van der Waals surface area (Å²) in [5, 5.41) is 15.9. The van der Waals surface area contributed by atoms with Crippen molar-refractivity contribution >= 4 is 23.5 Å². The van der Waals surface area contributed by atoms with Crippen LogP contribution in [0.1, 0.15) is 42.6 Å². The third-order valence-corrected chi connectivity index (χ3v) is 3.68. The van der Waals surface area contributed by atoms with Crippen LogP contribution in [0.5, 0.6) is 0 Å². The largest absolute Gasteiger partial charge is 0.477 e. The predicted octanol–water partition coefficient (Wildman–Crippen LogP) is 0.301. The number of carbonyl (C=O) groups excluding carboxylic acids is 2. The smallest absolute Gasteiger partial charge is 0.356 e. The van der Waals surface area contributed by atoms with Gasteiger partial charge in [-0.05, 0) is 24.1 Å². The zero-order chi connectivity index (χ0) is 21.7. The molecule has 2 heterocycles. The molecule has 0 radical (unpaired) electrons. The Hall–Kier alpha value is -3.93. The van der Waals surface area contributed by atoms with Crippen molar-refractivity contribution in [3.8, 4) is 0 Å². The van der Waals surface area contributed by atoms with E-state index in [0.29, 0.717) is 12.1 Å². The van der Waals surface area contributed by atoms with E-state index in [1.54, 1.807) is 19.1 Å². The number of nitrogens with two attached hydrogens (primary N) is 2. The van der Waals surface area contributed by atoms with Gasteiger partial charge in [-0.25, -0.2) is 19.0 Å². The molecule has 152 valence electrons. The summed E-state index contributed by atoms with van der Waals surface area (Å²) < 4.78 is 18.0. The summed E-state index contributed by atoms with van der Waals surface area (Å²) in [5.41, 5.74) is 10.8. The lowest BCUT2D eigenvalue weighted by Gasteiger charge is -2.03. The number of hydrogen-bond donors (Lipinski definition) is 3. The summed E-state index contributed by atoms with van der Waals surface area (Å²) in [6.07, 6.45) is 0. The van der Waals surface area contributed by atoms with Gasteiger partial charge in [-0.1, -0.05) is 17.3 Å². The number of hydrogen-bond acceptors (Lipinski definition) is 8. The van der Waals surface area contributed by atoms with Gasteiger partial charge in [-0.3, -0.25) is 4.79 Å². The van der Waals surface area contributed by atoms with Gasteiger partial charge in [0.1, 0.15) is 5.82 Å². The molecule has 2 aromatic heterocycles. The molecule has 29 heavy (non-hydrogen) atoms. The van der Waals surface area contributed by atoms with Gasteiger partial charge in [0, 0.05) is 12.6 Å². The Morgan fingerprint density at radius 1 is 1.28 bits per heavy atom. The molecule has 0 saturated carbocycles. The highest BCUT2D eigenvalue weighted by Gasteiger charge is 2.22. The molecule has 0 unspecified atom stereocenters. The number of fused-ring (bicyclic) bond motifs is 1. The Morgan fingerprint density at radius 2 is 1.97 bits per heavy atom. The minimum atomic E-state index is -1.38. The van der Waals surface area contributed by atoms with Crippen molar-refractivity contribution in [1.82, 2.24) is 19.8 Å². The molecule has 0 spiro atoms. The van der Waals surface area contributed by atoms with Crippen LogP contribution >= 0.6 is 0 Å². The number of esters is 1. The van der Waals surface area contributed by atoms with Crippen molar-refractivity contribution in [2.45, 2.75) is 13.5 Å². The molecule has 0 aliphatic carbocycles. The van der Waals surface area contributed by atoms with Crippen molar-refractivity contribution < 1.29 is 28.6 Å². The lowest BCUT2D eigenvalue weighted by Crippen LogP contribution is -2.16. The van der Waals surface area contributed by atoms with E-state index in [2.05, 4.69) is 20.0 Å². The van der Waals surface area contributed by atoms with E-state index in [4.69, 9.17) is 16.6 Å². The van der Waals surface area contributed by atoms with Crippen LogP contribution in [0.25, 0.3) is 5.65 Å². The van der Waals surface area contributed by atoms with E-state index in [1.165, 1.54) is 6.07 Å². The molecule has 0 saturated heterocycles. The first kappa shape index (κ1) is 21.4. The third-order valence-electron chi connectivity index (χ3n) is 3.68. The maximum atomic E-state index is 12.6. The Balaban J connectivity index is 0.000000253. The van der Waals surface area contributed by atoms with Crippen LogP contribution < -0.4 is 11.5 Å². The molecule has 3 rings (SSSR count). The van der Waals surface area contributed by atoms with Gasteiger partial charge in [-0.2, -0.15) is 4.52 Å². The van der Waals surface area contributed by atoms with Crippen LogP contribution in [0.2, 0.25) is 0 Å². The number of methoxy groups -OCH3 is 1. The molecule has 0 aliphatic heterocycles. The summed E-state index contributed by atoms with van der Waals surface area (Å²) in [6, 6.07) is 5.86. The highest BCUT2D eigenvalue weighted by atomic mass is 19.1. The number of benzene rings is 1. The number of primary amides is 1. The summed E-state index contributed by atoms with van der Waals surface area (Å²) in [4.78, 5) is 37.2. The fourth-order valence-electron chi connectivity index (χ4n) is 2.23. The number of aromatic nitrogens is 4. The highest BCUT2D eigenvalue weighted by Crippen LogP contribution is 2.11. The van der Waals surface area contributed by atoms with E-state index in [0.717, 1.165) is 23.3 Å². The van der Waals surface area contributed by atoms with Crippen LogP contribution in [0.3, 0.4) is 0 Å². The van der Waals surface area contributed by atoms with Crippen LogP contribution in [0.4, 0.5) is 4.39 Å². The number of rotatable bonds is 4. The van der Waals surface area contributed by atoms with Crippen molar-refractivity contribution in [2.75, 3.05) is 7.11 Å². The first-order chi connectivity index (χ1) is 13.7. The minimum absolute atomic E-state index is 0.169. The minimum Gasteiger partial charge on any atom is -0.477 e. The molecule has 12 heteroatoms. The maximum Gasteiger partial charge on any atom is 0.356 e. The molecule has 1 amide bonds. The summed E-state index contributed by atoms with van der Waals surface area (Å²) in [5.74, 6) is -3.35. The number of halogens is 1. The monoisotopic (exact) mass is 404 g/mol. The Kier molecular flexibility index (Phi) is 6.51. The van der Waals surface area contributed by atoms with Crippen molar-refractivity contribution in [1.29, 1.82) is 0 Å². The average Bonchev–Trinajstić information content (AvgIpc) is 3.13. The van der Waals surface area contributed by atoms with Gasteiger partial charge >= 0.3 is 11.9 Å². The second-order valence-corrected chi connectivity index (χ2v) is 5.65. The zero-order valence-electron chi connectivity index (χ0n) is 15.4. The Morgan fingerprint density at radius 3 is 2.48 bits per heavy atom. The maximum absolute atomic E-state index is 12.6. The summed E-state index contributed by atoms with van der Waals surface area (Å²) in [6.45, 7) is 2.20. The molecule has 1 aromatic carbocycles. The third kappa shape index (κ3) is 4.68. The van der Waals surface area contributed by atoms with E-state index >= 15 is 0 Å². The van der Waals surface area contributed by atoms with Crippen molar-refractivity contribution in [3.63, 3.8) is 0 Å². The average molecular weight is 404 g/mol. The van der Waals surface area contributed by atoms with E-state index in [9.17, 15) is 18.8 Å². The quantitative estimate of drug-likeness (QED) is 0.516. The SMILES string of the molecule is COC(=O)c1cc(C(=O)O)nc2c(C(N)=O)nnn12.Cc1cc(CN)ccc1F. The van der Waals surface area contributed by atoms with E-state index in [1.807, 2.05) is 0 Å². The Bertz CT molecular complexity index is 1100. The number of carboxylic acids is 1. The number of aryl methyl sites for hydroxylation is 1. The summed E-state index contributed by atoms with van der Waals surface area (Å²) in [7, 11) is 1.11. The first-order valence-electron chi connectivity index (χ1n) is 8.02. The van der Waals surface area contributed by atoms with Crippen LogP contribution in [-0.2, 0) is 11.3 Å². The normalized spacial score (nSPS) is 10.2. The number of ether oxygens (including phenoxy) is 1. The molecule has 3 aromatic rings. The molecule has 5 N–H and O–H groups in total. The summed E-state index contributed by atoms with van der Waals surface area (Å²) >= 11 is 0. The standard InChI is InChI=1S/C9H7N5O5.C8H10FN/c1-19-9(18)4-2-3(8(16)17)11-7-5(6(10)15)12-13-14(4)7;1-6-4-7(5-10)2-3-8(6)9/h2H,1H3,(H2,10,15)(H,16,17);2-4H,5,10H2,1H3. The number of nitrogens with zero attached hydrogens (tertiary/aromatic N) is 4. The number of aromatic carboxylic acids is 1. The molecular weight excluding hydrogens is 387 g/mol. The molecule has 0 aliphatic rings. The predicted molar refractivity (Wildman–Crippen MR) is 96.6 cm³/mol. The van der Waals surface area contributed by atoms with Crippen LogP contribution in [0.15, 0.2) is 24.3 Å². The van der Waals surface area contributed by atoms with Gasteiger partial charge < -0.3 is 21.3 Å². The Labute approximate surface area is 163 Å². The lowest BCUT2D eigenvalue weighted by molar-refractivity contribution is 0.0590. The molecular formula is C17H17FN6O5. The van der Waals surface area contributed by atoms with Crippen molar-refractivity contribution in [3.05, 3.63) is 58.3 Å². The second kappa shape index (κ2) is 8.84. The topological polar surface area (TPSA) is 176 Å². The van der Waals surface area contributed by atoms with Crippen molar-refractivity contribution in [2.24, 2.45) is 11.5 Å². The van der Waals surface area contributed by atoms with E-state index < -0.39 is 23.5 Å². The highest BCUT2D eigenvalue weighted by molar-refractivity contribution is 5.99. The number of carboxylic acid groups (broad SMARTS) is 1. The van der Waals surface area contributed by atoms with Gasteiger partial charge in [0.15, 0.2) is 22.7 Å². The van der Waals surface area contributed by atoms with Gasteiger partial charge in [0.2, 0.25) is 0 Å². The van der Waals surface area contributed by atoms with E-state index in [-0.39, 0.29) is 22.9 Å². The fourth-order valence-corrected chi connectivity index (χ4v) is 2.23. The van der Waals surface area contributed by atoms with Crippen LogP contribution in [-0.4, -0.2) is 49.9 Å². The molecule has 0 bridgehead atoms. The van der Waals surface area contributed by atoms with Gasteiger partial charge in [0.05, 0.1) is 7.11 Å². The van der Waals surface area contributed by atoms with Crippen LogP contribution in [0, 0.1) is 12.7 Å². The zero-order valence-corrected chi connectivity index (χ0v) is 15.4. The van der Waals surface area contributed by atoms with Gasteiger partial charge in [0.25, 0.3) is 5.91 Å². The first-order valence-corrected chi connectivity index (χ1v) is 8.02. The molecule has 0 atom stereocenters. The number of amides is 1. The fraction of sp³-hybridized carbons (Fsp3) is 0.176.